The van der Waals surface area contributed by atoms with Crippen molar-refractivity contribution in [1.82, 2.24) is 0 Å². The van der Waals surface area contributed by atoms with Gasteiger partial charge in [0.1, 0.15) is 11.6 Å². The van der Waals surface area contributed by atoms with Crippen LogP contribution in [-0.4, -0.2) is 18.4 Å². The van der Waals surface area contributed by atoms with E-state index in [1.54, 1.807) is 41.3 Å². The molecule has 1 amide bonds. The average molecular weight is 327 g/mol. The van der Waals surface area contributed by atoms with Crippen LogP contribution in [0.15, 0.2) is 48.5 Å². The molecule has 1 heterocycles. The Morgan fingerprint density at radius 3 is 2.42 bits per heavy atom. The van der Waals surface area contributed by atoms with Gasteiger partial charge >= 0.3 is 5.97 Å². The van der Waals surface area contributed by atoms with Crippen LogP contribution >= 0.6 is 0 Å². The standard InChI is InChI=1S/C19H18FNO3/c20-15-6-3-14(4-7-15)5-12-19(23)24-17-10-8-16(9-11-17)21-13-1-2-18(21)22/h3-4,6-11H,1-2,5,12-13H2. The number of carbonyl (C=O) groups excluding carboxylic acids is 2. The van der Waals surface area contributed by atoms with E-state index in [4.69, 9.17) is 4.74 Å². The van der Waals surface area contributed by atoms with E-state index in [2.05, 4.69) is 0 Å². The van der Waals surface area contributed by atoms with Crippen LogP contribution in [0.5, 0.6) is 5.75 Å². The number of ether oxygens (including phenoxy) is 1. The third kappa shape index (κ3) is 3.98. The van der Waals surface area contributed by atoms with Gasteiger partial charge in [-0.1, -0.05) is 12.1 Å². The van der Waals surface area contributed by atoms with E-state index in [9.17, 15) is 14.0 Å². The predicted molar refractivity (Wildman–Crippen MR) is 88.4 cm³/mol. The smallest absolute Gasteiger partial charge is 0.311 e. The van der Waals surface area contributed by atoms with Crippen molar-refractivity contribution in [3.05, 3.63) is 59.9 Å². The largest absolute Gasteiger partial charge is 0.427 e. The Labute approximate surface area is 139 Å². The highest BCUT2D eigenvalue weighted by molar-refractivity contribution is 5.95. The second-order valence-corrected chi connectivity index (χ2v) is 5.74. The van der Waals surface area contributed by atoms with Crippen molar-refractivity contribution in [2.45, 2.75) is 25.7 Å². The zero-order chi connectivity index (χ0) is 16.9. The first-order chi connectivity index (χ1) is 11.6. The maximum atomic E-state index is 12.8. The topological polar surface area (TPSA) is 46.6 Å². The fraction of sp³-hybridized carbons (Fsp3) is 0.263. The Balaban J connectivity index is 1.52. The van der Waals surface area contributed by atoms with Crippen molar-refractivity contribution in [3.8, 4) is 5.75 Å². The lowest BCUT2D eigenvalue weighted by Crippen LogP contribution is -2.23. The monoisotopic (exact) mass is 327 g/mol. The Kier molecular flexibility index (Phi) is 4.89. The summed E-state index contributed by atoms with van der Waals surface area (Å²) in [6, 6.07) is 13.0. The minimum atomic E-state index is -0.343. The van der Waals surface area contributed by atoms with Crippen LogP contribution in [0, 0.1) is 5.82 Å². The number of aryl methyl sites for hydroxylation is 1. The van der Waals surface area contributed by atoms with Crippen LogP contribution in [0.1, 0.15) is 24.8 Å². The number of carbonyl (C=O) groups is 2. The van der Waals surface area contributed by atoms with E-state index < -0.39 is 0 Å². The van der Waals surface area contributed by atoms with Crippen LogP contribution in [-0.2, 0) is 16.0 Å². The molecule has 0 unspecified atom stereocenters. The van der Waals surface area contributed by atoms with Gasteiger partial charge in [0.2, 0.25) is 5.91 Å². The third-order valence-corrected chi connectivity index (χ3v) is 3.98. The van der Waals surface area contributed by atoms with Crippen molar-refractivity contribution in [2.24, 2.45) is 0 Å². The molecule has 0 N–H and O–H groups in total. The van der Waals surface area contributed by atoms with Gasteiger partial charge in [-0.2, -0.15) is 0 Å². The number of hydrogen-bond acceptors (Lipinski definition) is 3. The summed E-state index contributed by atoms with van der Waals surface area (Å²) in [6.45, 7) is 0.732. The summed E-state index contributed by atoms with van der Waals surface area (Å²) in [5.74, 6) is -0.0595. The number of benzene rings is 2. The summed E-state index contributed by atoms with van der Waals surface area (Å²) < 4.78 is 18.1. The summed E-state index contributed by atoms with van der Waals surface area (Å²) in [5, 5.41) is 0. The van der Waals surface area contributed by atoms with E-state index in [1.165, 1.54) is 12.1 Å². The van der Waals surface area contributed by atoms with Crippen LogP contribution in [0.25, 0.3) is 0 Å². The highest BCUT2D eigenvalue weighted by Gasteiger charge is 2.21. The fourth-order valence-electron chi connectivity index (χ4n) is 2.70. The summed E-state index contributed by atoms with van der Waals surface area (Å²) in [6.07, 6.45) is 2.18. The fourth-order valence-corrected chi connectivity index (χ4v) is 2.70. The molecule has 0 aliphatic carbocycles. The first-order valence-corrected chi connectivity index (χ1v) is 7.97. The molecule has 0 spiro atoms. The summed E-state index contributed by atoms with van der Waals surface area (Å²) in [7, 11) is 0. The average Bonchev–Trinajstić information content (AvgIpc) is 3.01. The van der Waals surface area contributed by atoms with Gasteiger partial charge in [-0.3, -0.25) is 9.59 Å². The van der Waals surface area contributed by atoms with Crippen LogP contribution in [0.2, 0.25) is 0 Å². The number of amides is 1. The Morgan fingerprint density at radius 2 is 1.79 bits per heavy atom. The van der Waals surface area contributed by atoms with E-state index in [-0.39, 0.29) is 24.1 Å². The highest BCUT2D eigenvalue weighted by atomic mass is 19.1. The summed E-state index contributed by atoms with van der Waals surface area (Å²) in [4.78, 5) is 25.3. The third-order valence-electron chi connectivity index (χ3n) is 3.98. The van der Waals surface area contributed by atoms with E-state index in [0.29, 0.717) is 18.6 Å². The lowest BCUT2D eigenvalue weighted by Gasteiger charge is -2.15. The van der Waals surface area contributed by atoms with E-state index in [0.717, 1.165) is 24.2 Å². The van der Waals surface area contributed by atoms with Gasteiger partial charge in [0, 0.05) is 25.1 Å². The molecule has 0 bridgehead atoms. The number of halogens is 1. The SMILES string of the molecule is O=C(CCc1ccc(F)cc1)Oc1ccc(N2CCCC2=O)cc1. The van der Waals surface area contributed by atoms with E-state index in [1.807, 2.05) is 0 Å². The maximum absolute atomic E-state index is 12.8. The molecule has 5 heteroatoms. The normalized spacial score (nSPS) is 14.0. The molecule has 1 aliphatic rings. The number of rotatable bonds is 5. The first-order valence-electron chi connectivity index (χ1n) is 7.97. The molecule has 3 rings (SSSR count). The number of esters is 1. The molecule has 1 fully saturated rings. The molecule has 0 atom stereocenters. The first kappa shape index (κ1) is 16.2. The molecule has 2 aromatic carbocycles. The second kappa shape index (κ2) is 7.25. The quantitative estimate of drug-likeness (QED) is 0.624. The molecule has 1 aliphatic heterocycles. The Bertz CT molecular complexity index is 725. The summed E-state index contributed by atoms with van der Waals surface area (Å²) >= 11 is 0. The number of nitrogens with zero attached hydrogens (tertiary/aromatic N) is 1. The molecule has 4 nitrogen and oxygen atoms in total. The van der Waals surface area contributed by atoms with Gasteiger partial charge in [0.25, 0.3) is 0 Å². The predicted octanol–water partition coefficient (Wildman–Crippen LogP) is 3.49. The molecular formula is C19H18FNO3. The van der Waals surface area contributed by atoms with Gasteiger partial charge in [-0.25, -0.2) is 4.39 Å². The van der Waals surface area contributed by atoms with Crippen LogP contribution in [0.4, 0.5) is 10.1 Å². The highest BCUT2D eigenvalue weighted by Crippen LogP contribution is 2.24. The minimum absolute atomic E-state index is 0.124. The van der Waals surface area contributed by atoms with Crippen LogP contribution < -0.4 is 9.64 Å². The molecule has 2 aromatic rings. The van der Waals surface area contributed by atoms with Crippen molar-refractivity contribution in [1.29, 1.82) is 0 Å². The zero-order valence-electron chi connectivity index (χ0n) is 13.2. The van der Waals surface area contributed by atoms with Gasteiger partial charge in [-0.15, -0.1) is 0 Å². The van der Waals surface area contributed by atoms with Gasteiger partial charge < -0.3 is 9.64 Å². The molecular weight excluding hydrogens is 309 g/mol. The number of hydrogen-bond donors (Lipinski definition) is 0. The van der Waals surface area contributed by atoms with Crippen molar-refractivity contribution in [2.75, 3.05) is 11.4 Å². The second-order valence-electron chi connectivity index (χ2n) is 5.74. The van der Waals surface area contributed by atoms with Crippen LogP contribution in [0.3, 0.4) is 0 Å². The van der Waals surface area contributed by atoms with E-state index >= 15 is 0 Å². The maximum Gasteiger partial charge on any atom is 0.311 e. The molecule has 1 saturated heterocycles. The number of anilines is 1. The Hall–Kier alpha value is -2.69. The molecule has 124 valence electrons. The van der Waals surface area contributed by atoms with Gasteiger partial charge in [-0.05, 0) is 54.8 Å². The zero-order valence-corrected chi connectivity index (χ0v) is 13.2. The molecule has 24 heavy (non-hydrogen) atoms. The van der Waals surface area contributed by atoms with Gasteiger partial charge in [0.05, 0.1) is 0 Å². The minimum Gasteiger partial charge on any atom is -0.427 e. The lowest BCUT2D eigenvalue weighted by molar-refractivity contribution is -0.134. The van der Waals surface area contributed by atoms with Gasteiger partial charge in [0.15, 0.2) is 0 Å². The Morgan fingerprint density at radius 1 is 1.08 bits per heavy atom. The lowest BCUT2D eigenvalue weighted by atomic mass is 10.1. The molecule has 0 saturated carbocycles. The van der Waals surface area contributed by atoms with Crippen molar-refractivity contribution < 1.29 is 18.7 Å². The molecule has 0 aromatic heterocycles. The summed E-state index contributed by atoms with van der Waals surface area (Å²) in [5.41, 5.74) is 1.71. The van der Waals surface area contributed by atoms with Crippen molar-refractivity contribution in [3.63, 3.8) is 0 Å². The van der Waals surface area contributed by atoms with Crippen molar-refractivity contribution >= 4 is 17.6 Å². The molecule has 0 radical (unpaired) electrons.